The number of rotatable bonds is 7. The number of benzene rings is 2. The molecular weight excluding hydrogens is 485 g/mol. The summed E-state index contributed by atoms with van der Waals surface area (Å²) < 4.78 is 45.6. The first-order valence-corrected chi connectivity index (χ1v) is 11.1. The summed E-state index contributed by atoms with van der Waals surface area (Å²) in [7, 11) is 1.60. The van der Waals surface area contributed by atoms with Crippen LogP contribution < -0.4 is 10.5 Å². The minimum absolute atomic E-state index is 0. The highest BCUT2D eigenvalue weighted by atomic mass is 35.5. The van der Waals surface area contributed by atoms with Crippen molar-refractivity contribution in [3.05, 3.63) is 65.0 Å². The number of fused-ring (bicyclic) bond motifs is 1. The van der Waals surface area contributed by atoms with Gasteiger partial charge in [0.2, 0.25) is 5.91 Å². The maximum absolute atomic E-state index is 13.9. The van der Waals surface area contributed by atoms with Crippen LogP contribution in [0, 0.1) is 17.5 Å². The van der Waals surface area contributed by atoms with Gasteiger partial charge in [-0.3, -0.25) is 4.79 Å². The second kappa shape index (κ2) is 11.2. The Hall–Kier alpha value is -2.98. The summed E-state index contributed by atoms with van der Waals surface area (Å²) in [6, 6.07) is 7.84. The fraction of sp³-hybridized carbons (Fsp3) is 0.417. The number of carbonyl (C=O) groups is 2. The summed E-state index contributed by atoms with van der Waals surface area (Å²) in [5.74, 6) is -2.78. The monoisotopic (exact) mass is 512 g/mol. The van der Waals surface area contributed by atoms with E-state index in [-0.39, 0.29) is 48.8 Å². The van der Waals surface area contributed by atoms with Gasteiger partial charge < -0.3 is 25.2 Å². The molecule has 1 unspecified atom stereocenters. The van der Waals surface area contributed by atoms with E-state index in [4.69, 9.17) is 10.5 Å². The molecule has 0 aliphatic carbocycles. The molecule has 7 nitrogen and oxygen atoms in total. The summed E-state index contributed by atoms with van der Waals surface area (Å²) in [4.78, 5) is 30.8. The molecule has 2 aliphatic rings. The second-order valence-electron chi connectivity index (χ2n) is 8.72. The Kier molecular flexibility index (Phi) is 8.50. The quantitative estimate of drug-likeness (QED) is 0.579. The molecule has 0 saturated carbocycles. The molecule has 3 amide bonds. The molecule has 2 N–H and O–H groups in total. The van der Waals surface area contributed by atoms with Crippen LogP contribution in [-0.4, -0.2) is 72.0 Å². The number of hydrogen-bond acceptors (Lipinski definition) is 4. The average Bonchev–Trinajstić information content (AvgIpc) is 3.12. The molecule has 190 valence electrons. The largest absolute Gasteiger partial charge is 0.497 e. The van der Waals surface area contributed by atoms with Crippen LogP contribution in [0.2, 0.25) is 0 Å². The lowest BCUT2D eigenvalue weighted by molar-refractivity contribution is -0.133. The highest BCUT2D eigenvalue weighted by molar-refractivity contribution is 5.85. The van der Waals surface area contributed by atoms with Gasteiger partial charge >= 0.3 is 6.03 Å². The van der Waals surface area contributed by atoms with E-state index in [1.165, 1.54) is 0 Å². The van der Waals surface area contributed by atoms with E-state index in [9.17, 15) is 22.8 Å². The first-order valence-electron chi connectivity index (χ1n) is 11.1. The normalized spacial score (nSPS) is 18.3. The van der Waals surface area contributed by atoms with Crippen molar-refractivity contribution in [2.24, 2.45) is 5.73 Å². The van der Waals surface area contributed by atoms with Crippen molar-refractivity contribution in [2.45, 2.75) is 31.5 Å². The Morgan fingerprint density at radius 3 is 2.46 bits per heavy atom. The first kappa shape index (κ1) is 26.6. The number of methoxy groups -OCH3 is 1. The molecule has 2 aliphatic heterocycles. The van der Waals surface area contributed by atoms with E-state index in [2.05, 4.69) is 0 Å². The number of nitrogens with two attached hydrogens (primary N) is 1. The van der Waals surface area contributed by atoms with Crippen LogP contribution >= 0.6 is 12.4 Å². The molecule has 2 fully saturated rings. The third-order valence-electron chi connectivity index (χ3n) is 6.32. The van der Waals surface area contributed by atoms with E-state index in [0.717, 1.165) is 17.4 Å². The minimum Gasteiger partial charge on any atom is -0.497 e. The lowest BCUT2D eigenvalue weighted by Gasteiger charge is -2.36. The van der Waals surface area contributed by atoms with Crippen molar-refractivity contribution in [1.29, 1.82) is 0 Å². The van der Waals surface area contributed by atoms with Crippen LogP contribution in [0.25, 0.3) is 0 Å². The highest BCUT2D eigenvalue weighted by Gasteiger charge is 2.41. The summed E-state index contributed by atoms with van der Waals surface area (Å²) in [5, 5.41) is 0. The standard InChI is InChI=1S/C24H27F3N4O3.ClH/c1-34-19-4-2-15(3-5-19)12-30-14-18-13-29(6-7-31(18)24(30)33)23(32)10-17(28)8-16-9-21(26)22(27)11-20(16)25;/h2-5,9,11,17-18H,6-8,10,12-14,28H2,1H3;1H/t17-,18?;/m1./s1. The second-order valence-corrected chi connectivity index (χ2v) is 8.72. The summed E-state index contributed by atoms with van der Waals surface area (Å²) in [5.41, 5.74) is 6.93. The van der Waals surface area contributed by atoms with Crippen molar-refractivity contribution in [2.75, 3.05) is 33.3 Å². The number of urea groups is 1. The lowest BCUT2D eigenvalue weighted by atomic mass is 10.0. The number of halogens is 4. The number of ether oxygens (including phenoxy) is 1. The van der Waals surface area contributed by atoms with E-state index in [1.54, 1.807) is 21.8 Å². The average molecular weight is 513 g/mol. The smallest absolute Gasteiger partial charge is 0.320 e. The molecule has 2 saturated heterocycles. The zero-order chi connectivity index (χ0) is 24.4. The third kappa shape index (κ3) is 5.99. The van der Waals surface area contributed by atoms with Crippen LogP contribution in [0.15, 0.2) is 36.4 Å². The fourth-order valence-electron chi connectivity index (χ4n) is 4.52. The van der Waals surface area contributed by atoms with Crippen molar-refractivity contribution >= 4 is 24.3 Å². The summed E-state index contributed by atoms with van der Waals surface area (Å²) in [6.45, 7) is 2.15. The van der Waals surface area contributed by atoms with Gasteiger partial charge in [-0.15, -0.1) is 12.4 Å². The van der Waals surface area contributed by atoms with Crippen LogP contribution in [0.1, 0.15) is 17.5 Å². The Morgan fingerprint density at radius 1 is 1.09 bits per heavy atom. The van der Waals surface area contributed by atoms with Gasteiger partial charge in [-0.1, -0.05) is 12.1 Å². The number of hydrogen-bond donors (Lipinski definition) is 1. The van der Waals surface area contributed by atoms with Gasteiger partial charge in [0.25, 0.3) is 0 Å². The summed E-state index contributed by atoms with van der Waals surface area (Å²) in [6.07, 6.45) is -0.152. The number of carbonyl (C=O) groups excluding carboxylic acids is 2. The molecule has 2 atom stereocenters. The molecule has 4 rings (SSSR count). The Labute approximate surface area is 208 Å². The van der Waals surface area contributed by atoms with E-state index >= 15 is 0 Å². The van der Waals surface area contributed by atoms with Crippen molar-refractivity contribution in [1.82, 2.24) is 14.7 Å². The van der Waals surface area contributed by atoms with Crippen LogP contribution in [0.3, 0.4) is 0 Å². The van der Waals surface area contributed by atoms with Crippen molar-refractivity contribution < 1.29 is 27.5 Å². The number of amides is 3. The predicted octanol–water partition coefficient (Wildman–Crippen LogP) is 2.94. The number of piperazine rings is 1. The molecule has 0 radical (unpaired) electrons. The molecule has 2 aromatic carbocycles. The molecule has 2 heterocycles. The molecule has 0 spiro atoms. The van der Waals surface area contributed by atoms with Crippen LogP contribution in [-0.2, 0) is 17.8 Å². The Morgan fingerprint density at radius 2 is 1.77 bits per heavy atom. The van der Waals surface area contributed by atoms with Crippen molar-refractivity contribution in [3.8, 4) is 5.75 Å². The zero-order valence-corrected chi connectivity index (χ0v) is 20.1. The molecule has 11 heteroatoms. The highest BCUT2D eigenvalue weighted by Crippen LogP contribution is 2.24. The maximum atomic E-state index is 13.9. The Bertz CT molecular complexity index is 1070. The zero-order valence-electron chi connectivity index (χ0n) is 19.3. The first-order chi connectivity index (χ1) is 16.2. The third-order valence-corrected chi connectivity index (χ3v) is 6.32. The van der Waals surface area contributed by atoms with Crippen LogP contribution in [0.4, 0.5) is 18.0 Å². The molecule has 35 heavy (non-hydrogen) atoms. The molecule has 2 aromatic rings. The van der Waals surface area contributed by atoms with Gasteiger partial charge in [-0.2, -0.15) is 0 Å². The van der Waals surface area contributed by atoms with Gasteiger partial charge in [-0.25, -0.2) is 18.0 Å². The minimum atomic E-state index is -1.27. The van der Waals surface area contributed by atoms with Crippen LogP contribution in [0.5, 0.6) is 5.75 Å². The van der Waals surface area contributed by atoms with E-state index in [0.29, 0.717) is 38.8 Å². The SMILES string of the molecule is COc1ccc(CN2CC3CN(C(=O)C[C@H](N)Cc4cc(F)c(F)cc4F)CCN3C2=O)cc1.Cl. The number of nitrogens with zero attached hydrogens (tertiary/aromatic N) is 3. The fourth-order valence-corrected chi connectivity index (χ4v) is 4.52. The van der Waals surface area contributed by atoms with Gasteiger partial charge in [0.15, 0.2) is 11.6 Å². The van der Waals surface area contributed by atoms with Crippen molar-refractivity contribution in [3.63, 3.8) is 0 Å². The lowest BCUT2D eigenvalue weighted by Crippen LogP contribution is -2.54. The predicted molar refractivity (Wildman–Crippen MR) is 126 cm³/mol. The van der Waals surface area contributed by atoms with E-state index in [1.807, 2.05) is 24.3 Å². The van der Waals surface area contributed by atoms with E-state index < -0.39 is 23.5 Å². The molecular formula is C24H28ClF3N4O3. The Balaban J connectivity index is 0.00000342. The maximum Gasteiger partial charge on any atom is 0.320 e. The van der Waals surface area contributed by atoms with Gasteiger partial charge in [0, 0.05) is 51.3 Å². The van der Waals surface area contributed by atoms with Gasteiger partial charge in [0.05, 0.1) is 13.2 Å². The van der Waals surface area contributed by atoms with Gasteiger partial charge in [0.1, 0.15) is 11.6 Å². The molecule has 0 aromatic heterocycles. The van der Waals surface area contributed by atoms with Gasteiger partial charge in [-0.05, 0) is 35.7 Å². The topological polar surface area (TPSA) is 79.1 Å². The molecule has 0 bridgehead atoms. The summed E-state index contributed by atoms with van der Waals surface area (Å²) >= 11 is 0.